The van der Waals surface area contributed by atoms with Gasteiger partial charge in [-0.05, 0) is 6.07 Å². The minimum Gasteiger partial charge on any atom is -0.300 e. The van der Waals surface area contributed by atoms with Crippen LogP contribution < -0.4 is 5.32 Å². The molecule has 0 saturated heterocycles. The van der Waals surface area contributed by atoms with Crippen molar-refractivity contribution in [3.05, 3.63) is 42.6 Å². The maximum absolute atomic E-state index is 12.0. The fraction of sp³-hybridized carbons (Fsp3) is 0.0833. The van der Waals surface area contributed by atoms with E-state index in [1.807, 2.05) is 0 Å². The summed E-state index contributed by atoms with van der Waals surface area (Å²) in [6.07, 6.45) is 2.26. The number of halogens is 2. The van der Waals surface area contributed by atoms with E-state index in [1.54, 1.807) is 11.4 Å². The maximum atomic E-state index is 12.0. The molecule has 0 aliphatic rings. The number of carbonyl (C=O) groups is 1. The lowest BCUT2D eigenvalue weighted by Gasteiger charge is -2.01. The Hall–Kier alpha value is -2.01. The first-order valence-electron chi connectivity index (χ1n) is 6.30. The van der Waals surface area contributed by atoms with Gasteiger partial charge in [0.25, 0.3) is 0 Å². The van der Waals surface area contributed by atoms with Gasteiger partial charge in [-0.2, -0.15) is 5.10 Å². The zero-order chi connectivity index (χ0) is 17.3. The van der Waals surface area contributed by atoms with Crippen LogP contribution in [0, 0.1) is 10.1 Å². The molecule has 0 aliphatic heterocycles. The van der Waals surface area contributed by atoms with Crippen molar-refractivity contribution in [3.63, 3.8) is 0 Å². The maximum Gasteiger partial charge on any atom is 0.307 e. The number of thiazole rings is 1. The lowest BCUT2D eigenvalue weighted by atomic mass is 10.3. The van der Waals surface area contributed by atoms with Crippen LogP contribution in [0.15, 0.2) is 23.8 Å². The van der Waals surface area contributed by atoms with Crippen molar-refractivity contribution in [1.29, 1.82) is 0 Å². The van der Waals surface area contributed by atoms with Crippen LogP contribution in [0.4, 0.5) is 10.8 Å². The number of nitrogens with one attached hydrogen (secondary N) is 1. The van der Waals surface area contributed by atoms with Crippen molar-refractivity contribution >= 4 is 62.6 Å². The van der Waals surface area contributed by atoms with Crippen LogP contribution in [-0.4, -0.2) is 25.6 Å². The van der Waals surface area contributed by atoms with E-state index in [2.05, 4.69) is 15.4 Å². The molecular formula is C12H7Cl2N5O3S2. The number of thiophene rings is 1. The molecule has 0 aromatic carbocycles. The van der Waals surface area contributed by atoms with Crippen LogP contribution in [0.25, 0.3) is 11.3 Å². The molecule has 0 spiro atoms. The highest BCUT2D eigenvalue weighted by Gasteiger charge is 2.15. The van der Waals surface area contributed by atoms with Crippen molar-refractivity contribution < 1.29 is 9.72 Å². The Bertz CT molecular complexity index is 920. The number of hydrogen-bond acceptors (Lipinski definition) is 7. The average Bonchev–Trinajstić information content (AvgIpc) is 3.19. The third kappa shape index (κ3) is 3.73. The van der Waals surface area contributed by atoms with E-state index in [1.165, 1.54) is 33.6 Å². The normalized spacial score (nSPS) is 10.8. The Morgan fingerprint density at radius 1 is 1.46 bits per heavy atom. The smallest absolute Gasteiger partial charge is 0.300 e. The lowest BCUT2D eigenvalue weighted by Crippen LogP contribution is -2.18. The van der Waals surface area contributed by atoms with E-state index in [-0.39, 0.29) is 12.2 Å². The summed E-state index contributed by atoms with van der Waals surface area (Å²) in [7, 11) is 0. The lowest BCUT2D eigenvalue weighted by molar-refractivity contribution is -0.385. The van der Waals surface area contributed by atoms with Crippen molar-refractivity contribution in [3.8, 4) is 11.3 Å². The number of nitrogens with zero attached hydrogens (tertiary/aromatic N) is 4. The number of aromatic nitrogens is 3. The molecule has 3 heterocycles. The Kier molecular flexibility index (Phi) is 4.81. The fourth-order valence-corrected chi connectivity index (χ4v) is 4.02. The molecule has 0 radical (unpaired) electrons. The van der Waals surface area contributed by atoms with E-state index in [9.17, 15) is 14.9 Å². The second kappa shape index (κ2) is 6.85. The number of rotatable bonds is 5. The molecule has 0 bridgehead atoms. The van der Waals surface area contributed by atoms with E-state index in [4.69, 9.17) is 23.2 Å². The van der Waals surface area contributed by atoms with Gasteiger partial charge in [0.15, 0.2) is 5.13 Å². The molecule has 3 aromatic rings. The Morgan fingerprint density at radius 3 is 2.88 bits per heavy atom. The molecule has 1 N–H and O–H groups in total. The number of nitro groups is 1. The Morgan fingerprint density at radius 2 is 2.25 bits per heavy atom. The van der Waals surface area contributed by atoms with Gasteiger partial charge >= 0.3 is 5.69 Å². The van der Waals surface area contributed by atoms with Crippen LogP contribution in [0.3, 0.4) is 0 Å². The van der Waals surface area contributed by atoms with Crippen LogP contribution in [0.5, 0.6) is 0 Å². The molecule has 0 unspecified atom stereocenters. The number of amides is 1. The summed E-state index contributed by atoms with van der Waals surface area (Å²) in [6, 6.07) is 1.71. The average molecular weight is 404 g/mol. The summed E-state index contributed by atoms with van der Waals surface area (Å²) in [5.41, 5.74) is 1.13. The van der Waals surface area contributed by atoms with Crippen molar-refractivity contribution in [1.82, 2.24) is 14.8 Å². The fourth-order valence-electron chi connectivity index (χ4n) is 1.81. The topological polar surface area (TPSA) is 103 Å². The van der Waals surface area contributed by atoms with Gasteiger partial charge in [0.2, 0.25) is 5.91 Å². The monoisotopic (exact) mass is 403 g/mol. The van der Waals surface area contributed by atoms with E-state index >= 15 is 0 Å². The van der Waals surface area contributed by atoms with Crippen molar-refractivity contribution in [2.75, 3.05) is 5.32 Å². The predicted molar refractivity (Wildman–Crippen MR) is 93.0 cm³/mol. The van der Waals surface area contributed by atoms with Gasteiger partial charge in [-0.3, -0.25) is 19.6 Å². The molecule has 0 atom stereocenters. The number of anilines is 1. The minimum absolute atomic E-state index is 0.159. The summed E-state index contributed by atoms with van der Waals surface area (Å²) in [6.45, 7) is -0.159. The first-order valence-corrected chi connectivity index (χ1v) is 8.75. The first kappa shape index (κ1) is 16.8. The van der Waals surface area contributed by atoms with Gasteiger partial charge < -0.3 is 5.32 Å². The summed E-state index contributed by atoms with van der Waals surface area (Å²) in [4.78, 5) is 26.2. The number of hydrogen-bond donors (Lipinski definition) is 1. The molecule has 3 aromatic heterocycles. The van der Waals surface area contributed by atoms with E-state index in [0.717, 1.165) is 6.20 Å². The van der Waals surface area contributed by atoms with Gasteiger partial charge in [0.1, 0.15) is 23.3 Å². The van der Waals surface area contributed by atoms with Crippen molar-refractivity contribution in [2.45, 2.75) is 6.54 Å². The van der Waals surface area contributed by atoms with Gasteiger partial charge in [0, 0.05) is 10.9 Å². The van der Waals surface area contributed by atoms with Crippen LogP contribution in [0.1, 0.15) is 0 Å². The Labute approximate surface area is 152 Å². The molecule has 8 nitrogen and oxygen atoms in total. The summed E-state index contributed by atoms with van der Waals surface area (Å²) in [5.74, 6) is -0.400. The van der Waals surface area contributed by atoms with Gasteiger partial charge in [-0.1, -0.05) is 23.2 Å². The Balaban J connectivity index is 1.66. The highest BCUT2D eigenvalue weighted by Crippen LogP contribution is 2.38. The predicted octanol–water partition coefficient (Wildman–Crippen LogP) is 3.92. The van der Waals surface area contributed by atoms with E-state index < -0.39 is 10.8 Å². The quantitative estimate of drug-likeness (QED) is 0.513. The molecule has 12 heteroatoms. The zero-order valence-electron chi connectivity index (χ0n) is 11.6. The van der Waals surface area contributed by atoms with Gasteiger partial charge in [-0.25, -0.2) is 4.98 Å². The highest BCUT2D eigenvalue weighted by molar-refractivity contribution is 7.20. The van der Waals surface area contributed by atoms with Gasteiger partial charge in [-0.15, -0.1) is 22.7 Å². The van der Waals surface area contributed by atoms with Crippen LogP contribution >= 0.6 is 45.9 Å². The standard InChI is InChI=1S/C12H7Cl2N5O3S2/c13-9-1-7(11(14)24-9)8-5-23-12(16-8)17-10(20)4-18-3-6(2-15-18)19(21)22/h1-3,5H,4H2,(H,16,17,20). The molecule has 3 rings (SSSR count). The minimum atomic E-state index is -0.579. The molecule has 0 fully saturated rings. The third-order valence-electron chi connectivity index (χ3n) is 2.82. The molecular weight excluding hydrogens is 397 g/mol. The summed E-state index contributed by atoms with van der Waals surface area (Å²) in [5, 5.41) is 19.1. The SMILES string of the molecule is O=C(Cn1cc([N+](=O)[O-])cn1)Nc1nc(-c2cc(Cl)sc2Cl)cs1. The van der Waals surface area contributed by atoms with Crippen molar-refractivity contribution in [2.24, 2.45) is 0 Å². The molecule has 24 heavy (non-hydrogen) atoms. The summed E-state index contributed by atoms with van der Waals surface area (Å²) >= 11 is 14.4. The van der Waals surface area contributed by atoms with Crippen LogP contribution in [0.2, 0.25) is 8.67 Å². The zero-order valence-corrected chi connectivity index (χ0v) is 14.7. The third-order valence-corrected chi connectivity index (χ3v) is 5.06. The molecule has 0 aliphatic carbocycles. The first-order chi connectivity index (χ1) is 11.4. The molecule has 0 saturated carbocycles. The highest BCUT2D eigenvalue weighted by atomic mass is 35.5. The number of carbonyl (C=O) groups excluding carboxylic acids is 1. The summed E-state index contributed by atoms with van der Waals surface area (Å²) < 4.78 is 2.25. The van der Waals surface area contributed by atoms with Gasteiger partial charge in [0.05, 0.1) is 15.0 Å². The van der Waals surface area contributed by atoms with E-state index in [0.29, 0.717) is 25.1 Å². The molecule has 124 valence electrons. The molecule has 1 amide bonds. The van der Waals surface area contributed by atoms with Crippen LogP contribution in [-0.2, 0) is 11.3 Å². The second-order valence-electron chi connectivity index (χ2n) is 4.48. The largest absolute Gasteiger partial charge is 0.307 e. The second-order valence-corrected chi connectivity index (χ2v) is 7.62.